The lowest BCUT2D eigenvalue weighted by atomic mass is 10.0. The van der Waals surface area contributed by atoms with Crippen molar-refractivity contribution in [2.24, 2.45) is 0 Å². The molecule has 0 N–H and O–H groups in total. The van der Waals surface area contributed by atoms with E-state index in [1.54, 1.807) is 6.08 Å². The van der Waals surface area contributed by atoms with Gasteiger partial charge in [-0.15, -0.1) is 0 Å². The summed E-state index contributed by atoms with van der Waals surface area (Å²) in [7, 11) is -1.49. The van der Waals surface area contributed by atoms with Crippen LogP contribution in [0.25, 0.3) is 43.6 Å². The van der Waals surface area contributed by atoms with Gasteiger partial charge in [-0.3, -0.25) is 14.2 Å². The van der Waals surface area contributed by atoms with Crippen LogP contribution in [0.5, 0.6) is 0 Å². The standard InChI is InChI=1S/C33H25N3O2SSi/c1-40(2,3)24-15-13-23(14-16-24)36-28(34-33-31(36)35-32(39-33)20-9-5-4-6-10-20)19-27-29(37)25-17-21-11-7-8-12-22(21)18-26(25)30(27)38/h4-19H,1-3H3. The average Bonchev–Trinajstić information content (AvgIpc) is 3.58. The van der Waals surface area contributed by atoms with Crippen molar-refractivity contribution in [3.8, 4) is 16.3 Å². The molecule has 0 radical (unpaired) electrons. The van der Waals surface area contributed by atoms with Crippen LogP contribution in [0, 0.1) is 0 Å². The molecule has 2 aromatic heterocycles. The van der Waals surface area contributed by atoms with Crippen LogP contribution in [0.15, 0.2) is 96.6 Å². The van der Waals surface area contributed by atoms with Crippen LogP contribution in [0.2, 0.25) is 19.6 Å². The quantitative estimate of drug-likeness (QED) is 0.130. The molecule has 0 spiro atoms. The summed E-state index contributed by atoms with van der Waals surface area (Å²) in [6, 6.07) is 29.9. The highest BCUT2D eigenvalue weighted by Gasteiger charge is 2.34. The van der Waals surface area contributed by atoms with Gasteiger partial charge < -0.3 is 0 Å². The number of thiazole rings is 1. The Hall–Kier alpha value is -4.46. The van der Waals surface area contributed by atoms with Crippen molar-refractivity contribution in [2.45, 2.75) is 19.6 Å². The number of ketones is 2. The molecule has 5 nitrogen and oxygen atoms in total. The van der Waals surface area contributed by atoms with Crippen LogP contribution in [0.3, 0.4) is 0 Å². The summed E-state index contributed by atoms with van der Waals surface area (Å²) in [5, 5.41) is 4.09. The largest absolute Gasteiger partial charge is 0.288 e. The Morgan fingerprint density at radius 1 is 0.750 bits per heavy atom. The molecule has 0 fully saturated rings. The van der Waals surface area contributed by atoms with Crippen LogP contribution < -0.4 is 5.19 Å². The SMILES string of the molecule is C[Si](C)(C)c1ccc(-n2c(C=C3C(=O)c4cc5ccccc5cc4C3=O)nc3sc(-c4ccccc4)nc32)cc1. The summed E-state index contributed by atoms with van der Waals surface area (Å²) in [5.41, 5.74) is 3.64. The van der Waals surface area contributed by atoms with Crippen molar-refractivity contribution in [1.82, 2.24) is 14.5 Å². The van der Waals surface area contributed by atoms with Crippen molar-refractivity contribution in [1.29, 1.82) is 0 Å². The number of carbonyl (C=O) groups excluding carboxylic acids is 2. The number of benzene rings is 4. The van der Waals surface area contributed by atoms with Gasteiger partial charge in [0.25, 0.3) is 0 Å². The van der Waals surface area contributed by atoms with Gasteiger partial charge in [0, 0.05) is 22.4 Å². The minimum Gasteiger partial charge on any atom is -0.288 e. The Morgan fingerprint density at radius 2 is 1.35 bits per heavy atom. The monoisotopic (exact) mass is 555 g/mol. The van der Waals surface area contributed by atoms with Crippen molar-refractivity contribution in [2.75, 3.05) is 0 Å². The van der Waals surface area contributed by atoms with E-state index in [0.29, 0.717) is 22.6 Å². The van der Waals surface area contributed by atoms with Gasteiger partial charge in [0.1, 0.15) is 10.8 Å². The first kappa shape index (κ1) is 24.6. The van der Waals surface area contributed by atoms with E-state index in [-0.39, 0.29) is 17.1 Å². The molecular formula is C33H25N3O2SSi. The molecule has 40 heavy (non-hydrogen) atoms. The van der Waals surface area contributed by atoms with Crippen LogP contribution in [0.4, 0.5) is 0 Å². The molecule has 2 heterocycles. The average molecular weight is 556 g/mol. The second kappa shape index (κ2) is 9.04. The molecule has 7 rings (SSSR count). The third-order valence-corrected chi connectivity index (χ3v) is 10.5. The van der Waals surface area contributed by atoms with Crippen molar-refractivity contribution >= 4 is 63.5 Å². The lowest BCUT2D eigenvalue weighted by molar-refractivity contribution is 0.0990. The smallest absolute Gasteiger partial charge is 0.197 e. The van der Waals surface area contributed by atoms with E-state index in [2.05, 4.69) is 43.9 Å². The van der Waals surface area contributed by atoms with Gasteiger partial charge in [0.2, 0.25) is 0 Å². The zero-order valence-corrected chi connectivity index (χ0v) is 24.1. The molecular weight excluding hydrogens is 531 g/mol. The maximum absolute atomic E-state index is 13.5. The molecule has 4 aromatic carbocycles. The molecule has 194 valence electrons. The summed E-state index contributed by atoms with van der Waals surface area (Å²) < 4.78 is 1.96. The van der Waals surface area contributed by atoms with Gasteiger partial charge in [0.05, 0.1) is 13.6 Å². The van der Waals surface area contributed by atoms with Gasteiger partial charge in [-0.05, 0) is 41.1 Å². The Kier molecular flexibility index (Phi) is 5.55. The fourth-order valence-corrected chi connectivity index (χ4v) is 7.32. The Balaban J connectivity index is 1.40. The predicted molar refractivity (Wildman–Crippen MR) is 166 cm³/mol. The van der Waals surface area contributed by atoms with Crippen molar-refractivity contribution in [3.05, 3.63) is 114 Å². The molecule has 0 unspecified atom stereocenters. The molecule has 0 saturated heterocycles. The number of aromatic nitrogens is 3. The fraction of sp³-hybridized carbons (Fsp3) is 0.0909. The van der Waals surface area contributed by atoms with E-state index >= 15 is 0 Å². The van der Waals surface area contributed by atoms with Gasteiger partial charge >= 0.3 is 0 Å². The number of Topliss-reactive ketones (excluding diaryl/α,β-unsaturated/α-hetero) is 2. The van der Waals surface area contributed by atoms with Gasteiger partial charge in [-0.2, -0.15) is 0 Å². The van der Waals surface area contributed by atoms with Crippen LogP contribution >= 0.6 is 11.3 Å². The van der Waals surface area contributed by atoms with E-state index in [0.717, 1.165) is 31.9 Å². The number of hydrogen-bond donors (Lipinski definition) is 0. The molecule has 0 amide bonds. The Bertz CT molecular complexity index is 1960. The first-order valence-electron chi connectivity index (χ1n) is 13.2. The number of nitrogens with zero attached hydrogens (tertiary/aromatic N) is 3. The number of hydrogen-bond acceptors (Lipinski definition) is 5. The molecule has 0 saturated carbocycles. The number of rotatable bonds is 4. The van der Waals surface area contributed by atoms with E-state index in [9.17, 15) is 9.59 Å². The number of imidazole rings is 1. The van der Waals surface area contributed by atoms with Crippen LogP contribution in [0.1, 0.15) is 26.5 Å². The highest BCUT2D eigenvalue weighted by atomic mass is 32.1. The minimum absolute atomic E-state index is 0.131. The molecule has 7 heteroatoms. The summed E-state index contributed by atoms with van der Waals surface area (Å²) in [5.74, 6) is -0.0190. The molecule has 6 aromatic rings. The van der Waals surface area contributed by atoms with Gasteiger partial charge in [-0.1, -0.05) is 103 Å². The maximum atomic E-state index is 13.5. The molecule has 0 bridgehead atoms. The first-order chi connectivity index (χ1) is 19.3. The van der Waals surface area contributed by atoms with E-state index in [1.807, 2.05) is 71.3 Å². The summed E-state index contributed by atoms with van der Waals surface area (Å²) in [4.78, 5) is 37.7. The first-order valence-corrected chi connectivity index (χ1v) is 17.5. The Morgan fingerprint density at radius 3 is 1.95 bits per heavy atom. The van der Waals surface area contributed by atoms with Crippen LogP contribution in [-0.2, 0) is 0 Å². The topological polar surface area (TPSA) is 64.8 Å². The fourth-order valence-electron chi connectivity index (χ4n) is 5.22. The van der Waals surface area contributed by atoms with Crippen molar-refractivity contribution in [3.63, 3.8) is 0 Å². The van der Waals surface area contributed by atoms with Crippen molar-refractivity contribution < 1.29 is 9.59 Å². The van der Waals surface area contributed by atoms with Gasteiger partial charge in [0.15, 0.2) is 22.0 Å². The zero-order chi connectivity index (χ0) is 27.6. The second-order valence-corrected chi connectivity index (χ2v) is 17.1. The highest BCUT2D eigenvalue weighted by Crippen LogP contribution is 2.35. The third kappa shape index (κ3) is 3.97. The predicted octanol–water partition coefficient (Wildman–Crippen LogP) is 7.31. The molecule has 0 atom stereocenters. The maximum Gasteiger partial charge on any atom is 0.197 e. The zero-order valence-electron chi connectivity index (χ0n) is 22.3. The molecule has 1 aliphatic rings. The molecule has 1 aliphatic carbocycles. The lowest BCUT2D eigenvalue weighted by Gasteiger charge is -2.17. The third-order valence-electron chi connectivity index (χ3n) is 7.40. The number of fused-ring (bicyclic) bond motifs is 3. The Labute approximate surface area is 236 Å². The summed E-state index contributed by atoms with van der Waals surface area (Å²) >= 11 is 1.50. The number of allylic oxidation sites excluding steroid dienone is 1. The molecule has 0 aliphatic heterocycles. The summed E-state index contributed by atoms with van der Waals surface area (Å²) in [6.45, 7) is 6.95. The highest BCUT2D eigenvalue weighted by molar-refractivity contribution is 7.21. The lowest BCUT2D eigenvalue weighted by Crippen LogP contribution is -2.37. The van der Waals surface area contributed by atoms with E-state index in [4.69, 9.17) is 9.97 Å². The summed E-state index contributed by atoms with van der Waals surface area (Å²) in [6.07, 6.45) is 1.64. The minimum atomic E-state index is -1.49. The second-order valence-electron chi connectivity index (χ2n) is 11.1. The van der Waals surface area contributed by atoms with E-state index in [1.165, 1.54) is 16.5 Å². The van der Waals surface area contributed by atoms with E-state index < -0.39 is 8.07 Å². The number of carbonyl (C=O) groups is 2. The normalized spacial score (nSPS) is 13.4. The van der Waals surface area contributed by atoms with Gasteiger partial charge in [-0.25, -0.2) is 9.97 Å². The van der Waals surface area contributed by atoms with Crippen LogP contribution in [-0.4, -0.2) is 34.2 Å².